The van der Waals surface area contributed by atoms with E-state index in [9.17, 15) is 4.79 Å². The van der Waals surface area contributed by atoms with Crippen LogP contribution in [0.15, 0.2) is 16.8 Å². The molecular weight excluding hydrogens is 232 g/mol. The normalized spacial score (nSPS) is 20.4. The first kappa shape index (κ1) is 12.5. The van der Waals surface area contributed by atoms with Gasteiger partial charge in [-0.3, -0.25) is 4.79 Å². The minimum atomic E-state index is 0. The predicted molar refractivity (Wildman–Crippen MR) is 64.9 cm³/mol. The van der Waals surface area contributed by atoms with Crippen molar-refractivity contribution in [2.45, 2.75) is 18.9 Å². The average Bonchev–Trinajstić information content (AvgIpc) is 2.72. The zero-order chi connectivity index (χ0) is 9.80. The van der Waals surface area contributed by atoms with E-state index >= 15 is 0 Å². The minimum absolute atomic E-state index is 0. The molecule has 1 amide bonds. The van der Waals surface area contributed by atoms with Crippen molar-refractivity contribution in [3.8, 4) is 0 Å². The third kappa shape index (κ3) is 3.48. The lowest BCUT2D eigenvalue weighted by Gasteiger charge is -2.23. The van der Waals surface area contributed by atoms with E-state index in [-0.39, 0.29) is 18.3 Å². The van der Waals surface area contributed by atoms with Gasteiger partial charge in [0.15, 0.2) is 0 Å². The molecule has 1 atom stereocenters. The number of halogens is 1. The summed E-state index contributed by atoms with van der Waals surface area (Å²) in [6.07, 6.45) is 2.23. The summed E-state index contributed by atoms with van der Waals surface area (Å²) in [5.74, 6) is 0.0555. The molecule has 0 saturated carbocycles. The van der Waals surface area contributed by atoms with E-state index in [1.165, 1.54) is 0 Å². The first-order valence-corrected chi connectivity index (χ1v) is 5.84. The van der Waals surface area contributed by atoms with Crippen molar-refractivity contribution in [1.29, 1.82) is 0 Å². The zero-order valence-corrected chi connectivity index (χ0v) is 10.00. The Labute approximate surface area is 99.7 Å². The lowest BCUT2D eigenvalue weighted by molar-refractivity contribution is 0.0931. The molecule has 1 aromatic rings. The van der Waals surface area contributed by atoms with Gasteiger partial charge in [0.1, 0.15) is 0 Å². The molecule has 3 nitrogen and oxygen atoms in total. The number of carbonyl (C=O) groups is 1. The molecule has 0 aliphatic carbocycles. The maximum atomic E-state index is 11.6. The smallest absolute Gasteiger partial charge is 0.252 e. The number of nitrogens with one attached hydrogen (secondary N) is 2. The van der Waals surface area contributed by atoms with Crippen molar-refractivity contribution in [2.24, 2.45) is 0 Å². The van der Waals surface area contributed by atoms with Crippen LogP contribution in [0.4, 0.5) is 0 Å². The van der Waals surface area contributed by atoms with Gasteiger partial charge in [0.2, 0.25) is 0 Å². The largest absolute Gasteiger partial charge is 0.348 e. The fourth-order valence-corrected chi connectivity index (χ4v) is 2.27. The minimum Gasteiger partial charge on any atom is -0.348 e. The van der Waals surface area contributed by atoms with Crippen molar-refractivity contribution in [3.05, 3.63) is 22.4 Å². The SMILES string of the molecule is Cl.O=C(N[C@H]1CCCNC1)c1ccsc1. The number of rotatable bonds is 2. The third-order valence-corrected chi connectivity index (χ3v) is 3.10. The number of amides is 1. The molecule has 15 heavy (non-hydrogen) atoms. The first-order chi connectivity index (χ1) is 6.86. The fraction of sp³-hybridized carbons (Fsp3) is 0.500. The van der Waals surface area contributed by atoms with E-state index in [0.717, 1.165) is 31.5 Å². The second-order valence-electron chi connectivity index (χ2n) is 3.53. The zero-order valence-electron chi connectivity index (χ0n) is 8.36. The number of piperidine rings is 1. The number of hydrogen-bond acceptors (Lipinski definition) is 3. The highest BCUT2D eigenvalue weighted by Crippen LogP contribution is 2.07. The predicted octanol–water partition coefficient (Wildman–Crippen LogP) is 1.65. The molecule has 0 radical (unpaired) electrons. The third-order valence-electron chi connectivity index (χ3n) is 2.42. The highest BCUT2D eigenvalue weighted by Gasteiger charge is 2.15. The summed E-state index contributed by atoms with van der Waals surface area (Å²) in [5, 5.41) is 10.1. The number of carbonyl (C=O) groups excluding carboxylic acids is 1. The lowest BCUT2D eigenvalue weighted by Crippen LogP contribution is -2.45. The van der Waals surface area contributed by atoms with Gasteiger partial charge in [-0.1, -0.05) is 0 Å². The number of thiophene rings is 1. The van der Waals surface area contributed by atoms with E-state index < -0.39 is 0 Å². The topological polar surface area (TPSA) is 41.1 Å². The second kappa shape index (κ2) is 6.10. The number of hydrogen-bond donors (Lipinski definition) is 2. The van der Waals surface area contributed by atoms with Gasteiger partial charge in [-0.05, 0) is 30.8 Å². The maximum absolute atomic E-state index is 11.6. The van der Waals surface area contributed by atoms with E-state index in [4.69, 9.17) is 0 Å². The van der Waals surface area contributed by atoms with Gasteiger partial charge in [0.25, 0.3) is 5.91 Å². The molecule has 2 N–H and O–H groups in total. The molecule has 2 rings (SSSR count). The molecule has 0 bridgehead atoms. The van der Waals surface area contributed by atoms with Crippen LogP contribution in [0.25, 0.3) is 0 Å². The van der Waals surface area contributed by atoms with Crippen molar-refractivity contribution in [2.75, 3.05) is 13.1 Å². The molecular formula is C10H15ClN2OS. The van der Waals surface area contributed by atoms with Gasteiger partial charge in [-0.2, -0.15) is 11.3 Å². The second-order valence-corrected chi connectivity index (χ2v) is 4.31. The average molecular weight is 247 g/mol. The van der Waals surface area contributed by atoms with Crippen molar-refractivity contribution >= 4 is 29.7 Å². The van der Waals surface area contributed by atoms with Gasteiger partial charge in [-0.15, -0.1) is 12.4 Å². The Bertz CT molecular complexity index is 296. The van der Waals surface area contributed by atoms with Crippen molar-refractivity contribution in [1.82, 2.24) is 10.6 Å². The van der Waals surface area contributed by atoms with Crippen LogP contribution in [0, 0.1) is 0 Å². The van der Waals surface area contributed by atoms with Crippen LogP contribution in [0.1, 0.15) is 23.2 Å². The van der Waals surface area contributed by atoms with Gasteiger partial charge in [0.05, 0.1) is 0 Å². The summed E-state index contributed by atoms with van der Waals surface area (Å²) >= 11 is 1.55. The van der Waals surface area contributed by atoms with E-state index in [1.807, 2.05) is 16.8 Å². The Hall–Kier alpha value is -0.580. The molecule has 1 aromatic heterocycles. The molecule has 84 valence electrons. The van der Waals surface area contributed by atoms with Crippen LogP contribution in [0.5, 0.6) is 0 Å². The Balaban J connectivity index is 0.00000112. The van der Waals surface area contributed by atoms with Crippen LogP contribution in [-0.2, 0) is 0 Å². The van der Waals surface area contributed by atoms with Crippen LogP contribution in [0.2, 0.25) is 0 Å². The Morgan fingerprint density at radius 3 is 3.07 bits per heavy atom. The molecule has 2 heterocycles. The molecule has 0 aromatic carbocycles. The van der Waals surface area contributed by atoms with Crippen LogP contribution >= 0.6 is 23.7 Å². The van der Waals surface area contributed by atoms with Gasteiger partial charge < -0.3 is 10.6 Å². The van der Waals surface area contributed by atoms with Crippen molar-refractivity contribution < 1.29 is 4.79 Å². The molecule has 1 fully saturated rings. The standard InChI is InChI=1S/C10H14N2OS.ClH/c13-10(8-3-5-14-7-8)12-9-2-1-4-11-6-9;/h3,5,7,9,11H,1-2,4,6H2,(H,12,13);1H/t9-;/m0./s1. The maximum Gasteiger partial charge on any atom is 0.252 e. The Morgan fingerprint density at radius 1 is 1.60 bits per heavy atom. The summed E-state index contributed by atoms with van der Waals surface area (Å²) in [5.41, 5.74) is 0.778. The Morgan fingerprint density at radius 2 is 2.47 bits per heavy atom. The monoisotopic (exact) mass is 246 g/mol. The summed E-state index contributed by atoms with van der Waals surface area (Å²) in [4.78, 5) is 11.6. The first-order valence-electron chi connectivity index (χ1n) is 4.90. The van der Waals surface area contributed by atoms with E-state index in [2.05, 4.69) is 10.6 Å². The van der Waals surface area contributed by atoms with Gasteiger partial charge in [-0.25, -0.2) is 0 Å². The fourth-order valence-electron chi connectivity index (χ4n) is 1.64. The highest BCUT2D eigenvalue weighted by molar-refractivity contribution is 7.08. The van der Waals surface area contributed by atoms with Crippen LogP contribution in [0.3, 0.4) is 0 Å². The summed E-state index contributed by atoms with van der Waals surface area (Å²) in [6.45, 7) is 1.97. The van der Waals surface area contributed by atoms with Crippen LogP contribution < -0.4 is 10.6 Å². The molecule has 1 aliphatic rings. The van der Waals surface area contributed by atoms with E-state index in [0.29, 0.717) is 6.04 Å². The summed E-state index contributed by atoms with van der Waals surface area (Å²) < 4.78 is 0. The summed E-state index contributed by atoms with van der Waals surface area (Å²) in [7, 11) is 0. The lowest BCUT2D eigenvalue weighted by atomic mass is 10.1. The van der Waals surface area contributed by atoms with Gasteiger partial charge >= 0.3 is 0 Å². The molecule has 1 saturated heterocycles. The van der Waals surface area contributed by atoms with Crippen molar-refractivity contribution in [3.63, 3.8) is 0 Å². The molecule has 1 aliphatic heterocycles. The Kier molecular flexibility index (Phi) is 5.08. The molecule has 0 spiro atoms. The van der Waals surface area contributed by atoms with Crippen LogP contribution in [-0.4, -0.2) is 25.0 Å². The quantitative estimate of drug-likeness (QED) is 0.833. The molecule has 0 unspecified atom stereocenters. The summed E-state index contributed by atoms with van der Waals surface area (Å²) in [6, 6.07) is 2.16. The van der Waals surface area contributed by atoms with Gasteiger partial charge in [0, 0.05) is 23.5 Å². The van der Waals surface area contributed by atoms with E-state index in [1.54, 1.807) is 11.3 Å². The molecule has 5 heteroatoms. The highest BCUT2D eigenvalue weighted by atomic mass is 35.5.